The monoisotopic (exact) mass is 424 g/mol. The molecule has 3 aromatic rings. The molecule has 1 amide bonds. The summed E-state index contributed by atoms with van der Waals surface area (Å²) >= 11 is 0. The summed E-state index contributed by atoms with van der Waals surface area (Å²) in [5.41, 5.74) is 3.10. The van der Waals surface area contributed by atoms with Crippen molar-refractivity contribution >= 4 is 16.8 Å². The lowest BCUT2D eigenvalue weighted by Crippen LogP contribution is -2.53. The number of piperidine rings is 1. The first-order valence-electron chi connectivity index (χ1n) is 11.2. The molecule has 3 heterocycles. The average molecular weight is 425 g/mol. The quantitative estimate of drug-likeness (QED) is 0.634. The number of rotatable bonds is 6. The predicted molar refractivity (Wildman–Crippen MR) is 118 cm³/mol. The number of carbonyl (C=O) groups excluding carboxylic acids is 1. The molecule has 1 aliphatic carbocycles. The summed E-state index contributed by atoms with van der Waals surface area (Å²) < 4.78 is 16.7. The molecular weight excluding hydrogens is 395 g/mol. The van der Waals surface area contributed by atoms with E-state index in [0.717, 1.165) is 35.1 Å². The molecule has 7 nitrogen and oxygen atoms in total. The molecule has 1 aromatic carbocycles. The fourth-order valence-corrected chi connectivity index (χ4v) is 4.44. The fraction of sp³-hybridized carbons (Fsp3) is 0.522. The van der Waals surface area contributed by atoms with Gasteiger partial charge in [0.1, 0.15) is 6.17 Å². The van der Waals surface area contributed by atoms with Crippen LogP contribution in [-0.2, 0) is 0 Å². The van der Waals surface area contributed by atoms with Crippen molar-refractivity contribution in [2.24, 2.45) is 5.92 Å². The smallest absolute Gasteiger partial charge is 0.272 e. The van der Waals surface area contributed by atoms with E-state index in [2.05, 4.69) is 45.6 Å². The third-order valence-corrected chi connectivity index (χ3v) is 6.20. The normalized spacial score (nSPS) is 22.3. The van der Waals surface area contributed by atoms with Gasteiger partial charge in [-0.25, -0.2) is 4.39 Å². The molecule has 0 bridgehead atoms. The van der Waals surface area contributed by atoms with Crippen LogP contribution in [0.4, 0.5) is 4.39 Å². The van der Waals surface area contributed by atoms with Crippen molar-refractivity contribution in [1.29, 1.82) is 0 Å². The Morgan fingerprint density at radius 1 is 1.29 bits per heavy atom. The fourth-order valence-electron chi connectivity index (χ4n) is 4.44. The highest BCUT2D eigenvalue weighted by Crippen LogP contribution is 2.35. The Labute approximate surface area is 181 Å². The SMILES string of the molecule is CC(C)CN1CC[C@H](NC(=O)c2n[nH]c3ccc(-c4cnn(C5CC5)c4)cc23)[C@@H](F)C1. The van der Waals surface area contributed by atoms with Crippen LogP contribution in [0.25, 0.3) is 22.0 Å². The van der Waals surface area contributed by atoms with Gasteiger partial charge in [0, 0.05) is 36.8 Å². The van der Waals surface area contributed by atoms with Gasteiger partial charge in [-0.15, -0.1) is 0 Å². The van der Waals surface area contributed by atoms with Crippen molar-refractivity contribution in [3.63, 3.8) is 0 Å². The minimum Gasteiger partial charge on any atom is -0.345 e. The van der Waals surface area contributed by atoms with Gasteiger partial charge in [-0.2, -0.15) is 10.2 Å². The number of likely N-dealkylation sites (tertiary alicyclic amines) is 1. The van der Waals surface area contributed by atoms with Crippen molar-refractivity contribution in [2.45, 2.75) is 51.4 Å². The number of hydrogen-bond donors (Lipinski definition) is 2. The second-order valence-corrected chi connectivity index (χ2v) is 9.31. The number of nitrogens with one attached hydrogen (secondary N) is 2. The number of aromatic nitrogens is 4. The first-order valence-corrected chi connectivity index (χ1v) is 11.2. The molecule has 31 heavy (non-hydrogen) atoms. The van der Waals surface area contributed by atoms with Crippen molar-refractivity contribution in [1.82, 2.24) is 30.2 Å². The summed E-state index contributed by atoms with van der Waals surface area (Å²) in [5.74, 6) is 0.168. The second kappa shape index (κ2) is 8.07. The van der Waals surface area contributed by atoms with Crippen LogP contribution in [0.3, 0.4) is 0 Å². The predicted octanol–water partition coefficient (Wildman–Crippen LogP) is 3.56. The van der Waals surface area contributed by atoms with Gasteiger partial charge in [0.15, 0.2) is 5.69 Å². The summed E-state index contributed by atoms with van der Waals surface area (Å²) in [6.45, 7) is 6.30. The van der Waals surface area contributed by atoms with Gasteiger partial charge in [0.05, 0.1) is 23.8 Å². The number of benzene rings is 1. The van der Waals surface area contributed by atoms with Gasteiger partial charge >= 0.3 is 0 Å². The molecule has 0 unspecified atom stereocenters. The molecular formula is C23H29FN6O. The van der Waals surface area contributed by atoms with Crippen molar-refractivity contribution in [3.05, 3.63) is 36.3 Å². The molecule has 2 aromatic heterocycles. The van der Waals surface area contributed by atoms with Gasteiger partial charge in [-0.3, -0.25) is 14.6 Å². The third kappa shape index (κ3) is 4.21. The van der Waals surface area contributed by atoms with Crippen molar-refractivity contribution < 1.29 is 9.18 Å². The maximum atomic E-state index is 14.7. The number of fused-ring (bicyclic) bond motifs is 1. The number of aromatic amines is 1. The maximum absolute atomic E-state index is 14.7. The Hall–Kier alpha value is -2.74. The largest absolute Gasteiger partial charge is 0.345 e. The van der Waals surface area contributed by atoms with Gasteiger partial charge in [0.25, 0.3) is 5.91 Å². The Kier molecular flexibility index (Phi) is 5.25. The van der Waals surface area contributed by atoms with E-state index >= 15 is 0 Å². The first-order chi connectivity index (χ1) is 15.0. The standard InChI is InChI=1S/C23H29FN6O/c1-14(2)11-29-8-7-21(19(24)13-29)26-23(31)22-18-9-15(3-6-20(18)27-28-22)16-10-25-30(12-16)17-4-5-17/h3,6,9-10,12,14,17,19,21H,4-5,7-8,11,13H2,1-2H3,(H,26,31)(H,27,28)/t19-,21-/m0/s1. The Balaban J connectivity index is 1.32. The van der Waals surface area contributed by atoms with Crippen LogP contribution in [0, 0.1) is 5.92 Å². The number of H-pyrrole nitrogens is 1. The van der Waals surface area contributed by atoms with Crippen LogP contribution in [-0.4, -0.2) is 62.6 Å². The molecule has 164 valence electrons. The number of alkyl halides is 1. The lowest BCUT2D eigenvalue weighted by molar-refractivity contribution is 0.0748. The molecule has 1 aliphatic heterocycles. The maximum Gasteiger partial charge on any atom is 0.272 e. The molecule has 1 saturated carbocycles. The summed E-state index contributed by atoms with van der Waals surface area (Å²) in [7, 11) is 0. The Morgan fingerprint density at radius 2 is 2.13 bits per heavy atom. The van der Waals surface area contributed by atoms with E-state index in [1.807, 2.05) is 29.1 Å². The van der Waals surface area contributed by atoms with Gasteiger partial charge in [0.2, 0.25) is 0 Å². The van der Waals surface area contributed by atoms with E-state index in [1.165, 1.54) is 12.8 Å². The van der Waals surface area contributed by atoms with E-state index in [-0.39, 0.29) is 5.91 Å². The molecule has 8 heteroatoms. The molecule has 0 spiro atoms. The van der Waals surface area contributed by atoms with Crippen LogP contribution < -0.4 is 5.32 Å². The van der Waals surface area contributed by atoms with Crippen LogP contribution in [0.2, 0.25) is 0 Å². The third-order valence-electron chi connectivity index (χ3n) is 6.20. The van der Waals surface area contributed by atoms with Crippen LogP contribution in [0.1, 0.15) is 49.6 Å². The number of hydrogen-bond acceptors (Lipinski definition) is 4. The molecule has 1 saturated heterocycles. The topological polar surface area (TPSA) is 78.8 Å². The molecule has 5 rings (SSSR count). The highest BCUT2D eigenvalue weighted by atomic mass is 19.1. The second-order valence-electron chi connectivity index (χ2n) is 9.31. The Bertz CT molecular complexity index is 1080. The number of carbonyl (C=O) groups is 1. The number of nitrogens with zero attached hydrogens (tertiary/aromatic N) is 4. The highest BCUT2D eigenvalue weighted by molar-refractivity contribution is 6.05. The minimum absolute atomic E-state index is 0.309. The van der Waals surface area contributed by atoms with Crippen molar-refractivity contribution in [3.8, 4) is 11.1 Å². The molecule has 2 fully saturated rings. The highest BCUT2D eigenvalue weighted by Gasteiger charge is 2.31. The number of amides is 1. The van der Waals surface area contributed by atoms with Crippen LogP contribution in [0.15, 0.2) is 30.6 Å². The van der Waals surface area contributed by atoms with Crippen molar-refractivity contribution in [2.75, 3.05) is 19.6 Å². The van der Waals surface area contributed by atoms with E-state index in [1.54, 1.807) is 0 Å². The lowest BCUT2D eigenvalue weighted by atomic mass is 10.0. The molecule has 2 aliphatic rings. The summed E-state index contributed by atoms with van der Waals surface area (Å²) in [5, 5.41) is 15.2. The van der Waals surface area contributed by atoms with E-state index in [4.69, 9.17) is 0 Å². The molecule has 2 atom stereocenters. The van der Waals surface area contributed by atoms with Gasteiger partial charge in [-0.05, 0) is 42.9 Å². The first kappa shape index (κ1) is 20.2. The van der Waals surface area contributed by atoms with Gasteiger partial charge < -0.3 is 10.2 Å². The van der Waals surface area contributed by atoms with Gasteiger partial charge in [-0.1, -0.05) is 19.9 Å². The average Bonchev–Trinajstić information content (AvgIpc) is 3.31. The molecule has 2 N–H and O–H groups in total. The Morgan fingerprint density at radius 3 is 2.87 bits per heavy atom. The zero-order valence-corrected chi connectivity index (χ0v) is 18.0. The van der Waals surface area contributed by atoms with E-state index in [0.29, 0.717) is 30.6 Å². The number of halogens is 1. The zero-order valence-electron chi connectivity index (χ0n) is 18.0. The molecule has 0 radical (unpaired) electrons. The van der Waals surface area contributed by atoms with Crippen LogP contribution in [0.5, 0.6) is 0 Å². The van der Waals surface area contributed by atoms with E-state index < -0.39 is 12.2 Å². The minimum atomic E-state index is -1.08. The summed E-state index contributed by atoms with van der Waals surface area (Å²) in [6.07, 6.45) is 5.80. The zero-order chi connectivity index (χ0) is 21.5. The summed E-state index contributed by atoms with van der Waals surface area (Å²) in [6, 6.07) is 5.92. The summed E-state index contributed by atoms with van der Waals surface area (Å²) in [4.78, 5) is 15.1. The lowest BCUT2D eigenvalue weighted by Gasteiger charge is -2.35. The van der Waals surface area contributed by atoms with E-state index in [9.17, 15) is 9.18 Å². The van der Waals surface area contributed by atoms with Crippen LogP contribution >= 0.6 is 0 Å².